The molecular weight excluding hydrogens is 446 g/mol. The van der Waals surface area contributed by atoms with E-state index in [2.05, 4.69) is 15.5 Å². The average Bonchev–Trinajstić information content (AvgIpc) is 3.41. The lowest BCUT2D eigenvalue weighted by atomic mass is 9.95. The number of rotatable bonds is 8. The van der Waals surface area contributed by atoms with Crippen LogP contribution in [-0.2, 0) is 11.2 Å². The van der Waals surface area contributed by atoms with Gasteiger partial charge in [-0.05, 0) is 62.0 Å². The fraction of sp³-hybridized carbons (Fsp3) is 0.346. The van der Waals surface area contributed by atoms with Gasteiger partial charge in [0, 0.05) is 31.9 Å². The van der Waals surface area contributed by atoms with Gasteiger partial charge < -0.3 is 24.6 Å². The Kier molecular flexibility index (Phi) is 7.36. The first-order valence-corrected chi connectivity index (χ1v) is 11.5. The maximum atomic E-state index is 13.4. The number of amides is 2. The quantitative estimate of drug-likeness (QED) is 0.518. The Balaban J connectivity index is 1.57. The van der Waals surface area contributed by atoms with Gasteiger partial charge in [-0.3, -0.25) is 14.7 Å². The molecule has 0 fully saturated rings. The van der Waals surface area contributed by atoms with E-state index >= 15 is 0 Å². The van der Waals surface area contributed by atoms with Crippen LogP contribution in [0, 0.1) is 5.92 Å². The molecule has 3 aromatic rings. The second-order valence-corrected chi connectivity index (χ2v) is 8.95. The van der Waals surface area contributed by atoms with E-state index < -0.39 is 5.92 Å². The Morgan fingerprint density at radius 3 is 2.69 bits per heavy atom. The summed E-state index contributed by atoms with van der Waals surface area (Å²) in [5.41, 5.74) is 3.52. The highest BCUT2D eigenvalue weighted by molar-refractivity contribution is 6.05. The van der Waals surface area contributed by atoms with Gasteiger partial charge in [0.2, 0.25) is 5.91 Å². The third-order valence-corrected chi connectivity index (χ3v) is 6.11. The van der Waals surface area contributed by atoms with Gasteiger partial charge in [-0.2, -0.15) is 5.10 Å². The van der Waals surface area contributed by atoms with Crippen molar-refractivity contribution in [3.05, 3.63) is 59.9 Å². The van der Waals surface area contributed by atoms with Gasteiger partial charge in [0.15, 0.2) is 0 Å². The van der Waals surface area contributed by atoms with Crippen molar-refractivity contribution in [3.8, 4) is 22.6 Å². The molecule has 0 saturated heterocycles. The molecule has 0 radical (unpaired) electrons. The number of hydrogen-bond donors (Lipinski definition) is 2. The molecule has 1 aliphatic heterocycles. The van der Waals surface area contributed by atoms with Crippen LogP contribution in [0.3, 0.4) is 0 Å². The van der Waals surface area contributed by atoms with Gasteiger partial charge in [-0.25, -0.2) is 0 Å². The number of aromatic nitrogens is 2. The number of hydrogen-bond acceptors (Lipinski definition) is 6. The van der Waals surface area contributed by atoms with Crippen LogP contribution in [0.1, 0.15) is 15.9 Å². The summed E-state index contributed by atoms with van der Waals surface area (Å²) in [6, 6.07) is 11.0. The van der Waals surface area contributed by atoms with Crippen molar-refractivity contribution in [1.82, 2.24) is 20.0 Å². The van der Waals surface area contributed by atoms with E-state index in [1.165, 1.54) is 0 Å². The maximum Gasteiger partial charge on any atom is 0.255 e. The summed E-state index contributed by atoms with van der Waals surface area (Å²) >= 11 is 0. The molecule has 0 saturated carbocycles. The molecule has 1 atom stereocenters. The molecule has 1 aliphatic rings. The molecule has 9 heteroatoms. The zero-order chi connectivity index (χ0) is 24.9. The van der Waals surface area contributed by atoms with E-state index in [1.54, 1.807) is 43.6 Å². The molecule has 0 unspecified atom stereocenters. The molecule has 9 nitrogen and oxygen atoms in total. The first-order chi connectivity index (χ1) is 16.9. The Morgan fingerprint density at radius 1 is 1.14 bits per heavy atom. The number of carbonyl (C=O) groups excluding carboxylic acids is 2. The summed E-state index contributed by atoms with van der Waals surface area (Å²) in [6.45, 7) is 1.56. The Labute approximate surface area is 205 Å². The van der Waals surface area contributed by atoms with Crippen molar-refractivity contribution in [3.63, 3.8) is 0 Å². The third kappa shape index (κ3) is 5.63. The molecule has 2 heterocycles. The Morgan fingerprint density at radius 2 is 1.97 bits per heavy atom. The van der Waals surface area contributed by atoms with Crippen LogP contribution in [-0.4, -0.2) is 79.8 Å². The number of anilines is 1. The van der Waals surface area contributed by atoms with Crippen LogP contribution in [0.15, 0.2) is 48.8 Å². The summed E-state index contributed by atoms with van der Waals surface area (Å²) < 4.78 is 11.1. The van der Waals surface area contributed by atoms with Crippen molar-refractivity contribution in [2.24, 2.45) is 5.92 Å². The average molecular weight is 478 g/mol. The SMILES string of the molecule is COc1ccc2c(c1)C[C@@H](C(=O)Nc1ccc(-c3cn[nH]c3)cc1C(=O)N(C)CCN(C)C)CO2. The van der Waals surface area contributed by atoms with E-state index in [-0.39, 0.29) is 18.4 Å². The number of carbonyl (C=O) groups is 2. The Hall–Kier alpha value is -3.85. The van der Waals surface area contributed by atoms with Crippen molar-refractivity contribution < 1.29 is 19.1 Å². The lowest BCUT2D eigenvalue weighted by Gasteiger charge is -2.26. The number of aromatic amines is 1. The molecule has 0 aliphatic carbocycles. The molecule has 2 N–H and O–H groups in total. The first-order valence-electron chi connectivity index (χ1n) is 11.5. The highest BCUT2D eigenvalue weighted by atomic mass is 16.5. The lowest BCUT2D eigenvalue weighted by molar-refractivity contribution is -0.121. The molecule has 0 bridgehead atoms. The number of benzene rings is 2. The number of H-pyrrole nitrogens is 1. The highest BCUT2D eigenvalue weighted by Crippen LogP contribution is 2.32. The normalized spacial score (nSPS) is 14.7. The molecule has 2 amide bonds. The Bertz CT molecular complexity index is 1190. The van der Waals surface area contributed by atoms with E-state index in [9.17, 15) is 9.59 Å². The summed E-state index contributed by atoms with van der Waals surface area (Å²) in [5, 5.41) is 9.78. The summed E-state index contributed by atoms with van der Waals surface area (Å²) in [7, 11) is 7.30. The van der Waals surface area contributed by atoms with Gasteiger partial charge in [-0.15, -0.1) is 0 Å². The third-order valence-electron chi connectivity index (χ3n) is 6.11. The van der Waals surface area contributed by atoms with Gasteiger partial charge in [0.1, 0.15) is 18.1 Å². The molecule has 184 valence electrons. The van der Waals surface area contributed by atoms with Gasteiger partial charge >= 0.3 is 0 Å². The maximum absolute atomic E-state index is 13.4. The number of ether oxygens (including phenoxy) is 2. The fourth-order valence-corrected chi connectivity index (χ4v) is 3.98. The molecule has 35 heavy (non-hydrogen) atoms. The predicted octanol–water partition coefficient (Wildman–Crippen LogP) is 2.91. The van der Waals surface area contributed by atoms with Crippen molar-refractivity contribution >= 4 is 17.5 Å². The van der Waals surface area contributed by atoms with Crippen LogP contribution < -0.4 is 14.8 Å². The topological polar surface area (TPSA) is 99.8 Å². The molecule has 4 rings (SSSR count). The predicted molar refractivity (Wildman–Crippen MR) is 134 cm³/mol. The zero-order valence-corrected chi connectivity index (χ0v) is 20.5. The minimum atomic E-state index is -0.391. The minimum absolute atomic E-state index is 0.164. The summed E-state index contributed by atoms with van der Waals surface area (Å²) in [6.07, 6.45) is 3.99. The fourth-order valence-electron chi connectivity index (χ4n) is 3.98. The molecule has 0 spiro atoms. The number of nitrogens with one attached hydrogen (secondary N) is 2. The van der Waals surface area contributed by atoms with Crippen LogP contribution >= 0.6 is 0 Å². The monoisotopic (exact) mass is 477 g/mol. The van der Waals surface area contributed by atoms with Crippen LogP contribution in [0.4, 0.5) is 5.69 Å². The standard InChI is InChI=1S/C26H31N5O4/c1-30(2)9-10-31(3)26(33)22-13-17(20-14-27-28-15-20)5-7-23(22)29-25(32)19-11-18-12-21(34-4)6-8-24(18)35-16-19/h5-8,12-15,19H,9-11,16H2,1-4H3,(H,27,28)(H,29,32)/t19-/m1/s1. The second-order valence-electron chi connectivity index (χ2n) is 8.95. The number of methoxy groups -OCH3 is 1. The van der Waals surface area contributed by atoms with Crippen LogP contribution in [0.2, 0.25) is 0 Å². The van der Waals surface area contributed by atoms with E-state index in [0.717, 1.165) is 34.7 Å². The van der Waals surface area contributed by atoms with Gasteiger partial charge in [0.25, 0.3) is 5.91 Å². The van der Waals surface area contributed by atoms with E-state index in [0.29, 0.717) is 24.2 Å². The highest BCUT2D eigenvalue weighted by Gasteiger charge is 2.28. The van der Waals surface area contributed by atoms with Gasteiger partial charge in [-0.1, -0.05) is 6.07 Å². The van der Waals surface area contributed by atoms with Crippen LogP contribution in [0.5, 0.6) is 11.5 Å². The smallest absolute Gasteiger partial charge is 0.255 e. The first kappa shape index (κ1) is 24.3. The van der Waals surface area contributed by atoms with Crippen LogP contribution in [0.25, 0.3) is 11.1 Å². The largest absolute Gasteiger partial charge is 0.497 e. The van der Waals surface area contributed by atoms with Crippen molar-refractivity contribution in [1.29, 1.82) is 0 Å². The van der Waals surface area contributed by atoms with Crippen molar-refractivity contribution in [2.45, 2.75) is 6.42 Å². The van der Waals surface area contributed by atoms with Gasteiger partial charge in [0.05, 0.1) is 30.5 Å². The molecule has 1 aromatic heterocycles. The molecular formula is C26H31N5O4. The summed E-state index contributed by atoms with van der Waals surface area (Å²) in [4.78, 5) is 30.3. The number of nitrogens with zero attached hydrogens (tertiary/aromatic N) is 3. The van der Waals surface area contributed by atoms with E-state index in [1.807, 2.05) is 43.3 Å². The lowest BCUT2D eigenvalue weighted by Crippen LogP contribution is -2.35. The van der Waals surface area contributed by atoms with E-state index in [4.69, 9.17) is 9.47 Å². The minimum Gasteiger partial charge on any atom is -0.497 e. The number of fused-ring (bicyclic) bond motifs is 1. The second kappa shape index (κ2) is 10.6. The molecule has 2 aromatic carbocycles. The summed E-state index contributed by atoms with van der Waals surface area (Å²) in [5.74, 6) is 0.731. The number of likely N-dealkylation sites (N-methyl/N-ethyl adjacent to an activating group) is 2. The van der Waals surface area contributed by atoms with Crippen molar-refractivity contribution in [2.75, 3.05) is 53.3 Å². The zero-order valence-electron chi connectivity index (χ0n) is 20.5.